The van der Waals surface area contributed by atoms with Gasteiger partial charge >= 0.3 is 12.1 Å². The zero-order valence-electron chi connectivity index (χ0n) is 21.6. The Morgan fingerprint density at radius 2 is 1.84 bits per heavy atom. The highest BCUT2D eigenvalue weighted by Crippen LogP contribution is 2.38. The number of aromatic nitrogens is 1. The van der Waals surface area contributed by atoms with Crippen LogP contribution in [0.5, 0.6) is 17.2 Å². The van der Waals surface area contributed by atoms with E-state index < -0.39 is 17.7 Å². The number of nitrogens with zero attached hydrogens (tertiary/aromatic N) is 2. The second kappa shape index (κ2) is 12.3. The smallest absolute Gasteiger partial charge is 0.414 e. The number of carbonyl (C=O) groups excluding carboxylic acids is 3. The molecule has 10 nitrogen and oxygen atoms in total. The Labute approximate surface area is 225 Å². The molecule has 1 aromatic heterocycles. The van der Waals surface area contributed by atoms with Crippen LogP contribution in [0.3, 0.4) is 0 Å². The first-order valence-corrected chi connectivity index (χ1v) is 11.8. The summed E-state index contributed by atoms with van der Waals surface area (Å²) in [7, 11) is 2.79. The van der Waals surface area contributed by atoms with Gasteiger partial charge in [-0.2, -0.15) is 0 Å². The van der Waals surface area contributed by atoms with Crippen LogP contribution in [0.25, 0.3) is 0 Å². The quantitative estimate of drug-likeness (QED) is 0.197. The molecule has 200 valence electrons. The maximum absolute atomic E-state index is 13.0. The highest BCUT2D eigenvalue weighted by Gasteiger charge is 2.24. The van der Waals surface area contributed by atoms with Gasteiger partial charge in [0.1, 0.15) is 34.6 Å². The van der Waals surface area contributed by atoms with Crippen LogP contribution in [0.4, 0.5) is 21.9 Å². The molecule has 1 heterocycles. The maximum Gasteiger partial charge on any atom is 0.414 e. The predicted octanol–water partition coefficient (Wildman–Crippen LogP) is 6.01. The number of methoxy groups -OCH3 is 1. The van der Waals surface area contributed by atoms with Crippen LogP contribution in [-0.4, -0.2) is 49.7 Å². The topological polar surface area (TPSA) is 116 Å². The minimum Gasteiger partial charge on any atom is -0.484 e. The summed E-state index contributed by atoms with van der Waals surface area (Å²) in [5, 5.41) is 3.47. The summed E-state index contributed by atoms with van der Waals surface area (Å²) in [6.07, 6.45) is 1.44. The molecule has 2 aromatic carbocycles. The van der Waals surface area contributed by atoms with Crippen LogP contribution in [-0.2, 0) is 14.3 Å². The van der Waals surface area contributed by atoms with Crippen molar-refractivity contribution in [2.45, 2.75) is 26.4 Å². The molecule has 1 amide bonds. The van der Waals surface area contributed by atoms with Crippen molar-refractivity contribution in [3.8, 4) is 17.2 Å². The number of ether oxygens (including phenoxy) is 4. The Balaban J connectivity index is 2.08. The lowest BCUT2D eigenvalue weighted by atomic mass is 10.1. The molecule has 0 saturated heterocycles. The number of para-hydroxylation sites is 1. The van der Waals surface area contributed by atoms with Gasteiger partial charge in [-0.25, -0.2) is 14.6 Å². The summed E-state index contributed by atoms with van der Waals surface area (Å²) in [5.74, 6) is 0.435. The molecule has 11 heteroatoms. The fourth-order valence-electron chi connectivity index (χ4n) is 3.26. The standard InChI is InChI=1S/C27H28ClN3O7/c1-27(2,3)38-26(34)31(4)21-15-17(37-18-10-12-23(28)29-16-18)9-11-20(21)30-24-19(25(33)35-5)7-6-8-22(24)36-14-13-32/h6-13,15-16,30H,14H2,1-5H3. The van der Waals surface area contributed by atoms with Crippen molar-refractivity contribution >= 4 is 47.0 Å². The molecule has 0 spiro atoms. The lowest BCUT2D eigenvalue weighted by Gasteiger charge is -2.27. The molecular weight excluding hydrogens is 514 g/mol. The number of nitrogens with one attached hydrogen (secondary N) is 1. The third-order valence-electron chi connectivity index (χ3n) is 4.93. The predicted molar refractivity (Wildman–Crippen MR) is 143 cm³/mol. The molecule has 0 aliphatic heterocycles. The van der Waals surface area contributed by atoms with Gasteiger partial charge in [0, 0.05) is 13.1 Å². The molecule has 0 aliphatic carbocycles. The van der Waals surface area contributed by atoms with E-state index in [4.69, 9.17) is 30.5 Å². The van der Waals surface area contributed by atoms with E-state index in [1.165, 1.54) is 25.3 Å². The zero-order chi connectivity index (χ0) is 27.9. The third kappa shape index (κ3) is 7.36. The summed E-state index contributed by atoms with van der Waals surface area (Å²) in [6.45, 7) is 5.04. The van der Waals surface area contributed by atoms with E-state index in [1.807, 2.05) is 0 Å². The van der Waals surface area contributed by atoms with Gasteiger partial charge in [0.2, 0.25) is 0 Å². The van der Waals surface area contributed by atoms with Crippen LogP contribution in [0.1, 0.15) is 31.1 Å². The minimum absolute atomic E-state index is 0.161. The van der Waals surface area contributed by atoms with E-state index in [0.29, 0.717) is 34.3 Å². The van der Waals surface area contributed by atoms with Crippen molar-refractivity contribution < 1.29 is 33.3 Å². The van der Waals surface area contributed by atoms with Crippen molar-refractivity contribution in [3.05, 3.63) is 65.4 Å². The normalized spacial score (nSPS) is 10.8. The van der Waals surface area contributed by atoms with Crippen molar-refractivity contribution in [1.29, 1.82) is 0 Å². The molecule has 0 bridgehead atoms. The van der Waals surface area contributed by atoms with E-state index >= 15 is 0 Å². The Hall–Kier alpha value is -4.31. The number of hydrogen-bond donors (Lipinski definition) is 1. The number of carbonyl (C=O) groups is 3. The molecule has 0 unspecified atom stereocenters. The molecule has 38 heavy (non-hydrogen) atoms. The Kier molecular flexibility index (Phi) is 9.14. The van der Waals surface area contributed by atoms with Crippen LogP contribution in [0.2, 0.25) is 5.15 Å². The lowest BCUT2D eigenvalue weighted by Crippen LogP contribution is -2.34. The number of rotatable bonds is 9. The molecule has 3 rings (SSSR count). The van der Waals surface area contributed by atoms with Crippen LogP contribution >= 0.6 is 11.6 Å². The second-order valence-corrected chi connectivity index (χ2v) is 9.30. The second-order valence-electron chi connectivity index (χ2n) is 8.91. The summed E-state index contributed by atoms with van der Waals surface area (Å²) >= 11 is 5.86. The fourth-order valence-corrected chi connectivity index (χ4v) is 3.38. The average Bonchev–Trinajstić information content (AvgIpc) is 2.88. The molecule has 0 aliphatic rings. The van der Waals surface area contributed by atoms with Crippen LogP contribution < -0.4 is 19.7 Å². The molecular formula is C27H28ClN3O7. The highest BCUT2D eigenvalue weighted by atomic mass is 35.5. The first-order valence-electron chi connectivity index (χ1n) is 11.5. The molecule has 0 atom stereocenters. The minimum atomic E-state index is -0.741. The molecule has 3 aromatic rings. The van der Waals surface area contributed by atoms with E-state index in [2.05, 4.69) is 10.3 Å². The van der Waals surface area contributed by atoms with E-state index in [-0.39, 0.29) is 23.6 Å². The number of esters is 1. The lowest BCUT2D eigenvalue weighted by molar-refractivity contribution is -0.109. The molecule has 0 radical (unpaired) electrons. The number of hydrogen-bond acceptors (Lipinski definition) is 9. The van der Waals surface area contributed by atoms with E-state index in [0.717, 1.165) is 0 Å². The number of halogens is 1. The van der Waals surface area contributed by atoms with E-state index in [1.54, 1.807) is 69.3 Å². The van der Waals surface area contributed by atoms with Gasteiger partial charge in [0.15, 0.2) is 6.29 Å². The summed E-state index contributed by atoms with van der Waals surface area (Å²) in [6, 6.07) is 12.9. The van der Waals surface area contributed by atoms with Gasteiger partial charge in [-0.3, -0.25) is 9.69 Å². The van der Waals surface area contributed by atoms with Crippen molar-refractivity contribution in [3.63, 3.8) is 0 Å². The number of anilines is 3. The first kappa shape index (κ1) is 28.3. The first-order chi connectivity index (χ1) is 18.0. The van der Waals surface area contributed by atoms with E-state index in [9.17, 15) is 14.4 Å². The van der Waals surface area contributed by atoms with Crippen LogP contribution in [0, 0.1) is 0 Å². The van der Waals surface area contributed by atoms with Crippen molar-refractivity contribution in [2.24, 2.45) is 0 Å². The molecule has 0 saturated carbocycles. The SMILES string of the molecule is COC(=O)c1cccc(OCC=O)c1Nc1ccc(Oc2ccc(Cl)nc2)cc1N(C)C(=O)OC(C)(C)C. The van der Waals surface area contributed by atoms with Gasteiger partial charge in [-0.05, 0) is 57.2 Å². The van der Waals surface area contributed by atoms with Gasteiger partial charge in [-0.1, -0.05) is 17.7 Å². The fraction of sp³-hybridized carbons (Fsp3) is 0.259. The largest absolute Gasteiger partial charge is 0.484 e. The molecule has 0 fully saturated rings. The number of amides is 1. The van der Waals surface area contributed by atoms with Gasteiger partial charge in [0.25, 0.3) is 0 Å². The summed E-state index contributed by atoms with van der Waals surface area (Å²) < 4.78 is 21.9. The van der Waals surface area contributed by atoms with Crippen LogP contribution in [0.15, 0.2) is 54.7 Å². The monoisotopic (exact) mass is 541 g/mol. The zero-order valence-corrected chi connectivity index (χ0v) is 22.4. The van der Waals surface area contributed by atoms with Gasteiger partial charge in [-0.15, -0.1) is 0 Å². The Morgan fingerprint density at radius 3 is 2.47 bits per heavy atom. The van der Waals surface area contributed by atoms with Crippen molar-refractivity contribution in [1.82, 2.24) is 4.98 Å². The number of aldehydes is 1. The van der Waals surface area contributed by atoms with Gasteiger partial charge in [0.05, 0.1) is 35.9 Å². The van der Waals surface area contributed by atoms with Gasteiger partial charge < -0.3 is 24.3 Å². The summed E-state index contributed by atoms with van der Waals surface area (Å²) in [5.41, 5.74) is 0.437. The van der Waals surface area contributed by atoms with Crippen molar-refractivity contribution in [2.75, 3.05) is 31.0 Å². The highest BCUT2D eigenvalue weighted by molar-refractivity contribution is 6.29. The summed E-state index contributed by atoms with van der Waals surface area (Å²) in [4.78, 5) is 41.7. The maximum atomic E-state index is 13.0. The number of benzene rings is 2. The third-order valence-corrected chi connectivity index (χ3v) is 5.16. The average molecular weight is 542 g/mol. The number of pyridine rings is 1. The Bertz CT molecular complexity index is 1310. The molecule has 1 N–H and O–H groups in total. The Morgan fingerprint density at radius 1 is 1.11 bits per heavy atom.